The second kappa shape index (κ2) is 13.5. The maximum Gasteiger partial charge on any atom is 0.328 e. The molecule has 0 aliphatic carbocycles. The monoisotopic (exact) mass is 474 g/mol. The lowest BCUT2D eigenvalue weighted by Gasteiger charge is -2.16. The third-order valence-electron chi connectivity index (χ3n) is 5.30. The van der Waals surface area contributed by atoms with Crippen molar-refractivity contribution in [2.24, 2.45) is 0 Å². The summed E-state index contributed by atoms with van der Waals surface area (Å²) in [7, 11) is 1.29. The first kappa shape index (κ1) is 25.5. The molecule has 0 heterocycles. The number of rotatable bonds is 12. The molecule has 3 rings (SSSR count). The Labute approximate surface area is 205 Å². The van der Waals surface area contributed by atoms with Crippen LogP contribution < -0.4 is 15.4 Å². The van der Waals surface area contributed by atoms with E-state index in [0.717, 1.165) is 11.1 Å². The van der Waals surface area contributed by atoms with E-state index in [-0.39, 0.29) is 24.7 Å². The first-order valence-electron chi connectivity index (χ1n) is 11.5. The Bertz CT molecular complexity index is 1090. The van der Waals surface area contributed by atoms with Crippen molar-refractivity contribution in [3.63, 3.8) is 0 Å². The number of amides is 2. The fourth-order valence-electron chi connectivity index (χ4n) is 3.46. The van der Waals surface area contributed by atoms with E-state index in [1.54, 1.807) is 24.3 Å². The van der Waals surface area contributed by atoms with E-state index in [9.17, 15) is 14.4 Å². The summed E-state index contributed by atoms with van der Waals surface area (Å²) in [5.74, 6) is -0.288. The minimum atomic E-state index is -0.772. The van der Waals surface area contributed by atoms with E-state index < -0.39 is 12.0 Å². The predicted molar refractivity (Wildman–Crippen MR) is 134 cm³/mol. The van der Waals surface area contributed by atoms with E-state index >= 15 is 0 Å². The van der Waals surface area contributed by atoms with E-state index in [1.807, 2.05) is 60.7 Å². The average Bonchev–Trinajstić information content (AvgIpc) is 2.88. The maximum atomic E-state index is 12.3. The zero-order chi connectivity index (χ0) is 24.9. The van der Waals surface area contributed by atoms with Gasteiger partial charge < -0.3 is 20.1 Å². The zero-order valence-corrected chi connectivity index (χ0v) is 19.7. The molecule has 3 aromatic carbocycles. The third kappa shape index (κ3) is 8.97. The van der Waals surface area contributed by atoms with Crippen LogP contribution in [-0.2, 0) is 32.1 Å². The molecule has 0 aliphatic heterocycles. The number of hydrogen-bond acceptors (Lipinski definition) is 5. The molecule has 7 heteroatoms. The van der Waals surface area contributed by atoms with Crippen LogP contribution in [0.2, 0.25) is 0 Å². The molecule has 0 spiro atoms. The first-order valence-corrected chi connectivity index (χ1v) is 11.5. The van der Waals surface area contributed by atoms with Crippen LogP contribution in [0.1, 0.15) is 30.4 Å². The maximum absolute atomic E-state index is 12.3. The number of nitrogens with one attached hydrogen (secondary N) is 2. The molecular weight excluding hydrogens is 444 g/mol. The molecule has 0 radical (unpaired) electrons. The van der Waals surface area contributed by atoms with Gasteiger partial charge in [-0.2, -0.15) is 0 Å². The highest BCUT2D eigenvalue weighted by Crippen LogP contribution is 2.17. The Hall–Kier alpha value is -4.13. The lowest BCUT2D eigenvalue weighted by Crippen LogP contribution is -2.43. The van der Waals surface area contributed by atoms with Crippen LogP contribution in [0.4, 0.5) is 5.69 Å². The molecule has 0 saturated carbocycles. The van der Waals surface area contributed by atoms with E-state index in [2.05, 4.69) is 10.6 Å². The molecule has 0 fully saturated rings. The van der Waals surface area contributed by atoms with Gasteiger partial charge in [-0.05, 0) is 41.8 Å². The Morgan fingerprint density at radius 2 is 1.37 bits per heavy atom. The SMILES string of the molecule is COC(=O)[C@@H](Cc1ccccc1)NC(=O)CCCC(=O)Nc1ccc(OCc2ccccc2)cc1. The van der Waals surface area contributed by atoms with Gasteiger partial charge in [-0.1, -0.05) is 60.7 Å². The van der Waals surface area contributed by atoms with Crippen molar-refractivity contribution in [1.82, 2.24) is 5.32 Å². The summed E-state index contributed by atoms with van der Waals surface area (Å²) in [5, 5.41) is 5.53. The molecule has 35 heavy (non-hydrogen) atoms. The van der Waals surface area contributed by atoms with Crippen LogP contribution in [0.15, 0.2) is 84.9 Å². The van der Waals surface area contributed by atoms with Gasteiger partial charge in [0.2, 0.25) is 11.8 Å². The second-order valence-electron chi connectivity index (χ2n) is 8.03. The summed E-state index contributed by atoms with van der Waals surface area (Å²) < 4.78 is 10.6. The normalized spacial score (nSPS) is 11.2. The number of carbonyl (C=O) groups is 3. The van der Waals surface area contributed by atoms with Crippen molar-refractivity contribution in [3.8, 4) is 5.75 Å². The first-order chi connectivity index (χ1) is 17.0. The highest BCUT2D eigenvalue weighted by molar-refractivity contribution is 5.91. The Morgan fingerprint density at radius 1 is 0.771 bits per heavy atom. The number of methoxy groups -OCH3 is 1. The van der Waals surface area contributed by atoms with Crippen LogP contribution in [0.25, 0.3) is 0 Å². The van der Waals surface area contributed by atoms with Crippen LogP contribution in [0.3, 0.4) is 0 Å². The number of esters is 1. The van der Waals surface area contributed by atoms with Gasteiger partial charge in [0, 0.05) is 24.9 Å². The predicted octanol–water partition coefficient (Wildman–Crippen LogP) is 4.27. The van der Waals surface area contributed by atoms with Crippen molar-refractivity contribution in [1.29, 1.82) is 0 Å². The third-order valence-corrected chi connectivity index (χ3v) is 5.30. The van der Waals surface area contributed by atoms with Crippen LogP contribution in [0, 0.1) is 0 Å². The van der Waals surface area contributed by atoms with Gasteiger partial charge in [0.05, 0.1) is 7.11 Å². The van der Waals surface area contributed by atoms with Gasteiger partial charge in [-0.3, -0.25) is 9.59 Å². The molecular formula is C28H30N2O5. The number of anilines is 1. The number of benzene rings is 3. The largest absolute Gasteiger partial charge is 0.489 e. The van der Waals surface area contributed by atoms with Crippen molar-refractivity contribution in [2.75, 3.05) is 12.4 Å². The smallest absolute Gasteiger partial charge is 0.328 e. The van der Waals surface area contributed by atoms with E-state index in [4.69, 9.17) is 9.47 Å². The highest BCUT2D eigenvalue weighted by Gasteiger charge is 2.21. The van der Waals surface area contributed by atoms with Gasteiger partial charge in [-0.15, -0.1) is 0 Å². The fraction of sp³-hybridized carbons (Fsp3) is 0.250. The second-order valence-corrected chi connectivity index (χ2v) is 8.03. The fourth-order valence-corrected chi connectivity index (χ4v) is 3.46. The summed E-state index contributed by atoms with van der Waals surface area (Å²) in [6.45, 7) is 0.469. The average molecular weight is 475 g/mol. The lowest BCUT2D eigenvalue weighted by molar-refractivity contribution is -0.145. The van der Waals surface area contributed by atoms with Gasteiger partial charge in [0.1, 0.15) is 18.4 Å². The molecule has 0 unspecified atom stereocenters. The number of hydrogen-bond donors (Lipinski definition) is 2. The molecule has 2 amide bonds. The van der Waals surface area contributed by atoms with E-state index in [1.165, 1.54) is 7.11 Å². The van der Waals surface area contributed by atoms with Crippen LogP contribution in [-0.4, -0.2) is 30.9 Å². The summed E-state index contributed by atoms with van der Waals surface area (Å²) in [4.78, 5) is 36.7. The Balaban J connectivity index is 1.38. The molecule has 182 valence electrons. The summed E-state index contributed by atoms with van der Waals surface area (Å²) in [6.07, 6.45) is 1.00. The molecule has 3 aromatic rings. The van der Waals surface area contributed by atoms with Crippen molar-refractivity contribution in [2.45, 2.75) is 38.3 Å². The molecule has 7 nitrogen and oxygen atoms in total. The Kier molecular flexibility index (Phi) is 9.87. The minimum absolute atomic E-state index is 0.127. The lowest BCUT2D eigenvalue weighted by atomic mass is 10.1. The van der Waals surface area contributed by atoms with E-state index in [0.29, 0.717) is 30.9 Å². The van der Waals surface area contributed by atoms with Gasteiger partial charge in [0.25, 0.3) is 0 Å². The standard InChI is InChI=1S/C28H30N2O5/c1-34-28(33)25(19-21-9-4-2-5-10-21)30-27(32)14-8-13-26(31)29-23-15-17-24(18-16-23)35-20-22-11-6-3-7-12-22/h2-7,9-12,15-18,25H,8,13-14,19-20H2,1H3,(H,29,31)(H,30,32)/t25-/m1/s1. The van der Waals surface area contributed by atoms with Crippen molar-refractivity contribution in [3.05, 3.63) is 96.1 Å². The van der Waals surface area contributed by atoms with Crippen LogP contribution >= 0.6 is 0 Å². The highest BCUT2D eigenvalue weighted by atomic mass is 16.5. The summed E-state index contributed by atoms with van der Waals surface area (Å²) in [6, 6.07) is 25.6. The zero-order valence-electron chi connectivity index (χ0n) is 19.7. The minimum Gasteiger partial charge on any atom is -0.489 e. The van der Waals surface area contributed by atoms with Gasteiger partial charge in [-0.25, -0.2) is 4.79 Å². The number of carbonyl (C=O) groups excluding carboxylic acids is 3. The summed E-state index contributed by atoms with van der Waals surface area (Å²) >= 11 is 0. The number of ether oxygens (including phenoxy) is 2. The van der Waals surface area contributed by atoms with Crippen molar-refractivity contribution < 1.29 is 23.9 Å². The molecule has 2 N–H and O–H groups in total. The molecule has 0 saturated heterocycles. The van der Waals surface area contributed by atoms with Gasteiger partial charge in [0.15, 0.2) is 0 Å². The van der Waals surface area contributed by atoms with Gasteiger partial charge >= 0.3 is 5.97 Å². The Morgan fingerprint density at radius 3 is 2.00 bits per heavy atom. The van der Waals surface area contributed by atoms with Crippen LogP contribution in [0.5, 0.6) is 5.75 Å². The topological polar surface area (TPSA) is 93.7 Å². The summed E-state index contributed by atoms with van der Waals surface area (Å²) in [5.41, 5.74) is 2.64. The van der Waals surface area contributed by atoms with Crippen molar-refractivity contribution >= 4 is 23.5 Å². The molecule has 0 aliphatic rings. The quantitative estimate of drug-likeness (QED) is 0.382. The molecule has 0 bridgehead atoms. The molecule has 1 atom stereocenters. The molecule has 0 aromatic heterocycles.